The summed E-state index contributed by atoms with van der Waals surface area (Å²) in [6.07, 6.45) is 3.13. The van der Waals surface area contributed by atoms with Crippen LogP contribution in [0.15, 0.2) is 42.7 Å². The minimum absolute atomic E-state index is 0.266. The summed E-state index contributed by atoms with van der Waals surface area (Å²) in [5, 5.41) is 9.73. The maximum atomic E-state index is 12.3. The minimum atomic E-state index is -0.854. The van der Waals surface area contributed by atoms with E-state index in [1.165, 1.54) is 6.20 Å². The van der Waals surface area contributed by atoms with Crippen LogP contribution in [-0.4, -0.2) is 10.8 Å². The maximum absolute atomic E-state index is 12.3. The molecule has 0 aliphatic heterocycles. The number of halogens is 1. The van der Waals surface area contributed by atoms with Gasteiger partial charge in [0.1, 0.15) is 5.92 Å². The Labute approximate surface area is 116 Å². The number of carbonyl (C=O) groups excluding carboxylic acids is 1. The van der Waals surface area contributed by atoms with E-state index in [0.29, 0.717) is 16.1 Å². The lowest BCUT2D eigenvalue weighted by atomic mass is 9.92. The molecule has 1 aromatic carbocycles. The number of nitriles is 1. The molecule has 1 atom stereocenters. The number of carbonyl (C=O) groups is 1. The molecule has 2 aromatic rings. The number of hydrogen-bond donors (Lipinski definition) is 0. The highest BCUT2D eigenvalue weighted by Gasteiger charge is 2.22. The van der Waals surface area contributed by atoms with E-state index in [-0.39, 0.29) is 5.78 Å². The van der Waals surface area contributed by atoms with Crippen LogP contribution in [0.1, 0.15) is 27.4 Å². The van der Waals surface area contributed by atoms with Gasteiger partial charge in [-0.1, -0.05) is 29.8 Å². The second-order valence-corrected chi connectivity index (χ2v) is 4.58. The Morgan fingerprint density at radius 3 is 2.79 bits per heavy atom. The number of aryl methyl sites for hydroxylation is 1. The van der Waals surface area contributed by atoms with E-state index in [1.54, 1.807) is 36.5 Å². The summed E-state index contributed by atoms with van der Waals surface area (Å²) in [7, 11) is 0. The highest BCUT2D eigenvalue weighted by molar-refractivity contribution is 6.31. The van der Waals surface area contributed by atoms with Gasteiger partial charge in [0.2, 0.25) is 0 Å². The molecule has 4 heteroatoms. The molecule has 0 radical (unpaired) electrons. The Morgan fingerprint density at radius 2 is 2.21 bits per heavy atom. The SMILES string of the molecule is Cc1ccc(C(=O)C(C#N)c2cccnc2)cc1Cl. The number of hydrogen-bond acceptors (Lipinski definition) is 3. The zero-order valence-electron chi connectivity index (χ0n) is 10.3. The van der Waals surface area contributed by atoms with Crippen LogP contribution < -0.4 is 0 Å². The molecule has 0 amide bonds. The Bertz CT molecular complexity index is 647. The van der Waals surface area contributed by atoms with Gasteiger partial charge in [0.15, 0.2) is 5.78 Å². The summed E-state index contributed by atoms with van der Waals surface area (Å²) in [5.41, 5.74) is 1.92. The van der Waals surface area contributed by atoms with Crippen molar-refractivity contribution < 1.29 is 4.79 Å². The monoisotopic (exact) mass is 270 g/mol. The van der Waals surface area contributed by atoms with Crippen molar-refractivity contribution in [3.63, 3.8) is 0 Å². The summed E-state index contributed by atoms with van der Waals surface area (Å²) in [6.45, 7) is 1.86. The molecule has 0 fully saturated rings. The van der Waals surface area contributed by atoms with Gasteiger partial charge in [-0.2, -0.15) is 5.26 Å². The molecule has 1 unspecified atom stereocenters. The Hall–Kier alpha value is -2.18. The largest absolute Gasteiger partial charge is 0.292 e. The van der Waals surface area contributed by atoms with Gasteiger partial charge in [0.05, 0.1) is 6.07 Å². The summed E-state index contributed by atoms with van der Waals surface area (Å²) in [5.74, 6) is -1.12. The molecule has 0 aliphatic rings. The normalized spacial score (nSPS) is 11.6. The first-order valence-electron chi connectivity index (χ1n) is 5.73. The number of aromatic nitrogens is 1. The van der Waals surface area contributed by atoms with Crippen molar-refractivity contribution in [1.29, 1.82) is 5.26 Å². The molecule has 1 aromatic heterocycles. The minimum Gasteiger partial charge on any atom is -0.292 e. The zero-order chi connectivity index (χ0) is 13.8. The van der Waals surface area contributed by atoms with Crippen LogP contribution in [0.3, 0.4) is 0 Å². The van der Waals surface area contributed by atoms with Crippen molar-refractivity contribution in [2.45, 2.75) is 12.8 Å². The highest BCUT2D eigenvalue weighted by atomic mass is 35.5. The zero-order valence-corrected chi connectivity index (χ0v) is 11.1. The topological polar surface area (TPSA) is 53.8 Å². The summed E-state index contributed by atoms with van der Waals surface area (Å²) in [4.78, 5) is 16.3. The van der Waals surface area contributed by atoms with Crippen LogP contribution in [-0.2, 0) is 0 Å². The molecule has 94 valence electrons. The highest BCUT2D eigenvalue weighted by Crippen LogP contribution is 2.23. The van der Waals surface area contributed by atoms with E-state index in [1.807, 2.05) is 13.0 Å². The van der Waals surface area contributed by atoms with Gasteiger partial charge in [-0.15, -0.1) is 0 Å². The molecule has 3 nitrogen and oxygen atoms in total. The third-order valence-corrected chi connectivity index (χ3v) is 3.27. The van der Waals surface area contributed by atoms with E-state index in [4.69, 9.17) is 11.6 Å². The first kappa shape index (κ1) is 13.3. The van der Waals surface area contributed by atoms with E-state index in [9.17, 15) is 10.1 Å². The predicted molar refractivity (Wildman–Crippen MR) is 73.1 cm³/mol. The summed E-state index contributed by atoms with van der Waals surface area (Å²) in [6, 6.07) is 10.5. The number of pyridine rings is 1. The van der Waals surface area contributed by atoms with Gasteiger partial charge in [0, 0.05) is 23.0 Å². The van der Waals surface area contributed by atoms with Crippen molar-refractivity contribution in [3.8, 4) is 6.07 Å². The molecule has 19 heavy (non-hydrogen) atoms. The lowest BCUT2D eigenvalue weighted by Gasteiger charge is -2.09. The quantitative estimate of drug-likeness (QED) is 0.802. The smallest absolute Gasteiger partial charge is 0.184 e. The Morgan fingerprint density at radius 1 is 1.42 bits per heavy atom. The van der Waals surface area contributed by atoms with Gasteiger partial charge in [0.25, 0.3) is 0 Å². The lowest BCUT2D eigenvalue weighted by Crippen LogP contribution is -2.11. The van der Waals surface area contributed by atoms with Crippen molar-refractivity contribution in [1.82, 2.24) is 4.98 Å². The third kappa shape index (κ3) is 2.81. The van der Waals surface area contributed by atoms with Gasteiger partial charge in [-0.05, 0) is 30.2 Å². The van der Waals surface area contributed by atoms with Crippen molar-refractivity contribution >= 4 is 17.4 Å². The number of benzene rings is 1. The van der Waals surface area contributed by atoms with Gasteiger partial charge in [-0.25, -0.2) is 0 Å². The predicted octanol–water partition coefficient (Wildman–Crippen LogP) is 3.53. The van der Waals surface area contributed by atoms with Crippen LogP contribution >= 0.6 is 11.6 Å². The maximum Gasteiger partial charge on any atom is 0.184 e. The second-order valence-electron chi connectivity index (χ2n) is 4.18. The van der Waals surface area contributed by atoms with Crippen LogP contribution in [0.5, 0.6) is 0 Å². The summed E-state index contributed by atoms with van der Waals surface area (Å²) >= 11 is 6.00. The van der Waals surface area contributed by atoms with E-state index < -0.39 is 5.92 Å². The first-order chi connectivity index (χ1) is 9.13. The van der Waals surface area contributed by atoms with E-state index in [0.717, 1.165) is 5.56 Å². The molecule has 1 heterocycles. The van der Waals surface area contributed by atoms with Gasteiger partial charge < -0.3 is 0 Å². The lowest BCUT2D eigenvalue weighted by molar-refractivity contribution is 0.0979. The fourth-order valence-corrected chi connectivity index (χ4v) is 1.92. The number of ketones is 1. The third-order valence-electron chi connectivity index (χ3n) is 2.87. The summed E-state index contributed by atoms with van der Waals surface area (Å²) < 4.78 is 0. The molecule has 2 rings (SSSR count). The molecule has 0 saturated heterocycles. The Kier molecular flexibility index (Phi) is 3.94. The van der Waals surface area contributed by atoms with Crippen molar-refractivity contribution in [2.24, 2.45) is 0 Å². The number of Topliss-reactive ketones (excluding diaryl/α,β-unsaturated/α-hetero) is 1. The fourth-order valence-electron chi connectivity index (χ4n) is 1.74. The average molecular weight is 271 g/mol. The first-order valence-corrected chi connectivity index (χ1v) is 6.11. The van der Waals surface area contributed by atoms with E-state index in [2.05, 4.69) is 4.98 Å². The van der Waals surface area contributed by atoms with Crippen LogP contribution in [0.2, 0.25) is 5.02 Å². The number of rotatable bonds is 3. The van der Waals surface area contributed by atoms with Gasteiger partial charge in [-0.3, -0.25) is 9.78 Å². The van der Waals surface area contributed by atoms with Crippen LogP contribution in [0, 0.1) is 18.3 Å². The van der Waals surface area contributed by atoms with E-state index >= 15 is 0 Å². The average Bonchev–Trinajstić information content (AvgIpc) is 2.44. The van der Waals surface area contributed by atoms with Crippen molar-refractivity contribution in [2.75, 3.05) is 0 Å². The van der Waals surface area contributed by atoms with Crippen LogP contribution in [0.25, 0.3) is 0 Å². The second kappa shape index (κ2) is 5.64. The van der Waals surface area contributed by atoms with Crippen molar-refractivity contribution in [3.05, 3.63) is 64.4 Å². The molecular formula is C15H11ClN2O. The Balaban J connectivity index is 2.37. The molecule has 0 spiro atoms. The molecule has 0 saturated carbocycles. The fraction of sp³-hybridized carbons (Fsp3) is 0.133. The number of nitrogens with zero attached hydrogens (tertiary/aromatic N) is 2. The van der Waals surface area contributed by atoms with Gasteiger partial charge >= 0.3 is 0 Å². The molecule has 0 bridgehead atoms. The molecule has 0 aliphatic carbocycles. The standard InChI is InChI=1S/C15H11ClN2O/c1-10-4-5-11(7-14(10)16)15(19)13(8-17)12-3-2-6-18-9-12/h2-7,9,13H,1H3. The molecular weight excluding hydrogens is 260 g/mol. The van der Waals surface area contributed by atoms with Crippen LogP contribution in [0.4, 0.5) is 0 Å². The molecule has 0 N–H and O–H groups in total.